The summed E-state index contributed by atoms with van der Waals surface area (Å²) in [7, 11) is 0. The van der Waals surface area contributed by atoms with Gasteiger partial charge in [0.1, 0.15) is 5.76 Å². The molecule has 0 radical (unpaired) electrons. The molecular formula is C14H25NO3. The summed E-state index contributed by atoms with van der Waals surface area (Å²) >= 11 is 0. The number of hydrogen-bond donors (Lipinski definition) is 2. The van der Waals surface area contributed by atoms with Gasteiger partial charge in [0, 0.05) is 6.54 Å². The molecule has 18 heavy (non-hydrogen) atoms. The maximum atomic E-state index is 9.74. The zero-order chi connectivity index (χ0) is 13.4. The Morgan fingerprint density at radius 2 is 2.17 bits per heavy atom. The minimum absolute atomic E-state index is 0.199. The summed E-state index contributed by atoms with van der Waals surface area (Å²) in [6, 6.07) is 3.75. The van der Waals surface area contributed by atoms with E-state index in [0.717, 1.165) is 12.2 Å². The summed E-state index contributed by atoms with van der Waals surface area (Å²) in [6.45, 7) is 7.89. The van der Waals surface area contributed by atoms with Gasteiger partial charge in [-0.2, -0.15) is 0 Å². The third kappa shape index (κ3) is 6.79. The van der Waals surface area contributed by atoms with Crippen LogP contribution in [0.25, 0.3) is 0 Å². The predicted octanol–water partition coefficient (Wildman–Crippen LogP) is 2.18. The largest absolute Gasteiger partial charge is 0.468 e. The lowest BCUT2D eigenvalue weighted by atomic mass is 10.1. The van der Waals surface area contributed by atoms with Crippen molar-refractivity contribution in [2.45, 2.75) is 45.9 Å². The fraction of sp³-hybridized carbons (Fsp3) is 0.714. The van der Waals surface area contributed by atoms with Gasteiger partial charge in [-0.05, 0) is 31.4 Å². The van der Waals surface area contributed by atoms with Crippen molar-refractivity contribution in [2.75, 3.05) is 13.2 Å². The molecule has 1 aromatic rings. The zero-order valence-corrected chi connectivity index (χ0v) is 11.6. The molecule has 2 N–H and O–H groups in total. The third-order valence-electron chi connectivity index (χ3n) is 2.64. The van der Waals surface area contributed by atoms with Gasteiger partial charge >= 0.3 is 0 Å². The second kappa shape index (κ2) is 8.29. The standard InChI is InChI=1S/C14H25NO3/c1-11(2)7-12(3)18-10-13(16)8-15-9-14-5-4-6-17-14/h4-6,11-13,15-16H,7-10H2,1-3H3. The highest BCUT2D eigenvalue weighted by Crippen LogP contribution is 2.07. The number of aliphatic hydroxyl groups is 1. The molecule has 0 saturated heterocycles. The maximum Gasteiger partial charge on any atom is 0.117 e. The van der Waals surface area contributed by atoms with Crippen molar-refractivity contribution in [1.82, 2.24) is 5.32 Å². The quantitative estimate of drug-likeness (QED) is 0.710. The first-order valence-corrected chi connectivity index (χ1v) is 6.60. The summed E-state index contributed by atoms with van der Waals surface area (Å²) in [6.07, 6.45) is 2.38. The molecule has 0 aliphatic heterocycles. The molecule has 2 atom stereocenters. The van der Waals surface area contributed by atoms with Crippen LogP contribution in [0.15, 0.2) is 22.8 Å². The van der Waals surface area contributed by atoms with Gasteiger partial charge in [0.05, 0.1) is 31.6 Å². The van der Waals surface area contributed by atoms with E-state index >= 15 is 0 Å². The fourth-order valence-corrected chi connectivity index (χ4v) is 1.84. The van der Waals surface area contributed by atoms with E-state index in [2.05, 4.69) is 19.2 Å². The average molecular weight is 255 g/mol. The zero-order valence-electron chi connectivity index (χ0n) is 11.6. The topological polar surface area (TPSA) is 54.6 Å². The lowest BCUT2D eigenvalue weighted by Crippen LogP contribution is -2.31. The van der Waals surface area contributed by atoms with Crippen molar-refractivity contribution in [1.29, 1.82) is 0 Å². The molecule has 0 bridgehead atoms. The van der Waals surface area contributed by atoms with Crippen LogP contribution in [0, 0.1) is 5.92 Å². The van der Waals surface area contributed by atoms with Crippen LogP contribution in [0.3, 0.4) is 0 Å². The molecule has 0 aliphatic rings. The van der Waals surface area contributed by atoms with E-state index in [4.69, 9.17) is 9.15 Å². The van der Waals surface area contributed by atoms with E-state index in [0.29, 0.717) is 25.6 Å². The van der Waals surface area contributed by atoms with Crippen LogP contribution in [0.1, 0.15) is 33.0 Å². The minimum atomic E-state index is -0.477. The smallest absolute Gasteiger partial charge is 0.117 e. The molecule has 1 rings (SSSR count). The van der Waals surface area contributed by atoms with Gasteiger partial charge in [-0.1, -0.05) is 13.8 Å². The Morgan fingerprint density at radius 1 is 1.39 bits per heavy atom. The second-order valence-corrected chi connectivity index (χ2v) is 5.14. The summed E-state index contributed by atoms with van der Waals surface area (Å²) in [4.78, 5) is 0. The molecule has 0 amide bonds. The lowest BCUT2D eigenvalue weighted by Gasteiger charge is -2.18. The van der Waals surface area contributed by atoms with E-state index < -0.39 is 6.10 Å². The van der Waals surface area contributed by atoms with Crippen LogP contribution in [0.2, 0.25) is 0 Å². The molecule has 0 saturated carbocycles. The SMILES string of the molecule is CC(C)CC(C)OCC(O)CNCc1ccco1. The molecule has 0 spiro atoms. The number of furan rings is 1. The number of rotatable bonds is 9. The van der Waals surface area contributed by atoms with E-state index in [1.54, 1.807) is 6.26 Å². The summed E-state index contributed by atoms with van der Waals surface area (Å²) in [5, 5.41) is 12.9. The second-order valence-electron chi connectivity index (χ2n) is 5.14. The molecular weight excluding hydrogens is 230 g/mol. The van der Waals surface area contributed by atoms with Gasteiger partial charge in [0.25, 0.3) is 0 Å². The van der Waals surface area contributed by atoms with Crippen LogP contribution < -0.4 is 5.32 Å². The van der Waals surface area contributed by atoms with Gasteiger partial charge in [-0.25, -0.2) is 0 Å². The Bertz CT molecular complexity index is 298. The van der Waals surface area contributed by atoms with Crippen molar-refractivity contribution in [3.05, 3.63) is 24.2 Å². The highest BCUT2D eigenvalue weighted by Gasteiger charge is 2.09. The van der Waals surface area contributed by atoms with E-state index in [-0.39, 0.29) is 6.10 Å². The summed E-state index contributed by atoms with van der Waals surface area (Å²) in [5.41, 5.74) is 0. The molecule has 0 aliphatic carbocycles. The third-order valence-corrected chi connectivity index (χ3v) is 2.64. The fourth-order valence-electron chi connectivity index (χ4n) is 1.84. The van der Waals surface area contributed by atoms with Crippen molar-refractivity contribution in [3.63, 3.8) is 0 Å². The minimum Gasteiger partial charge on any atom is -0.468 e. The van der Waals surface area contributed by atoms with Crippen LogP contribution in [-0.4, -0.2) is 30.5 Å². The Hall–Kier alpha value is -0.840. The summed E-state index contributed by atoms with van der Waals surface area (Å²) in [5.74, 6) is 1.49. The Kier molecular flexibility index (Phi) is 7.01. The maximum absolute atomic E-state index is 9.74. The molecule has 4 heteroatoms. The molecule has 4 nitrogen and oxygen atoms in total. The molecule has 1 aromatic heterocycles. The number of hydrogen-bond acceptors (Lipinski definition) is 4. The Balaban J connectivity index is 2.04. The van der Waals surface area contributed by atoms with Crippen LogP contribution in [0.5, 0.6) is 0 Å². The molecule has 2 unspecified atom stereocenters. The number of aliphatic hydroxyl groups excluding tert-OH is 1. The molecule has 1 heterocycles. The number of nitrogens with one attached hydrogen (secondary N) is 1. The molecule has 104 valence electrons. The van der Waals surface area contributed by atoms with Gasteiger partial charge < -0.3 is 19.6 Å². The lowest BCUT2D eigenvalue weighted by molar-refractivity contribution is -0.00867. The van der Waals surface area contributed by atoms with Gasteiger partial charge in [-0.15, -0.1) is 0 Å². The molecule has 0 fully saturated rings. The first kappa shape index (κ1) is 15.2. The van der Waals surface area contributed by atoms with E-state index in [1.807, 2.05) is 19.1 Å². The average Bonchev–Trinajstić information content (AvgIpc) is 2.78. The monoisotopic (exact) mass is 255 g/mol. The first-order valence-electron chi connectivity index (χ1n) is 6.60. The van der Waals surface area contributed by atoms with Crippen LogP contribution in [-0.2, 0) is 11.3 Å². The highest BCUT2D eigenvalue weighted by atomic mass is 16.5. The summed E-state index contributed by atoms with van der Waals surface area (Å²) < 4.78 is 10.8. The van der Waals surface area contributed by atoms with E-state index in [9.17, 15) is 5.11 Å². The van der Waals surface area contributed by atoms with Crippen molar-refractivity contribution in [3.8, 4) is 0 Å². The Labute approximate surface area is 109 Å². The van der Waals surface area contributed by atoms with Gasteiger partial charge in [0.2, 0.25) is 0 Å². The number of ether oxygens (including phenoxy) is 1. The van der Waals surface area contributed by atoms with E-state index in [1.165, 1.54) is 0 Å². The van der Waals surface area contributed by atoms with Crippen LogP contribution >= 0.6 is 0 Å². The van der Waals surface area contributed by atoms with Gasteiger partial charge in [-0.3, -0.25) is 0 Å². The highest BCUT2D eigenvalue weighted by molar-refractivity contribution is 4.97. The van der Waals surface area contributed by atoms with Gasteiger partial charge in [0.15, 0.2) is 0 Å². The van der Waals surface area contributed by atoms with Crippen molar-refractivity contribution >= 4 is 0 Å². The Morgan fingerprint density at radius 3 is 2.78 bits per heavy atom. The first-order chi connectivity index (χ1) is 8.58. The predicted molar refractivity (Wildman–Crippen MR) is 71.3 cm³/mol. The van der Waals surface area contributed by atoms with Crippen molar-refractivity contribution in [2.24, 2.45) is 5.92 Å². The van der Waals surface area contributed by atoms with Crippen molar-refractivity contribution < 1.29 is 14.3 Å². The molecule has 0 aromatic carbocycles. The van der Waals surface area contributed by atoms with Crippen LogP contribution in [0.4, 0.5) is 0 Å². The normalized spacial score (nSPS) is 14.9.